The third-order valence-corrected chi connectivity index (χ3v) is 8.20. The number of aromatic nitrogens is 1. The first-order chi connectivity index (χ1) is 18.6. The molecule has 1 spiro atoms. The van der Waals surface area contributed by atoms with Crippen LogP contribution in [0.4, 0.5) is 21.2 Å². The van der Waals surface area contributed by atoms with Crippen molar-refractivity contribution >= 4 is 39.8 Å². The first kappa shape index (κ1) is 27.1. The lowest BCUT2D eigenvalue weighted by atomic mass is 9.75. The minimum Gasteiger partial charge on any atom is -0.480 e. The van der Waals surface area contributed by atoms with E-state index in [4.69, 9.17) is 18.9 Å². The summed E-state index contributed by atoms with van der Waals surface area (Å²) in [6.45, 7) is 0.967. The number of ether oxygens (including phenoxy) is 4. The van der Waals surface area contributed by atoms with Crippen LogP contribution < -0.4 is 19.9 Å². The highest BCUT2D eigenvalue weighted by atomic mass is 32.3. The number of benzene rings is 1. The molecule has 1 aliphatic carbocycles. The highest BCUT2D eigenvalue weighted by Crippen LogP contribution is 2.43. The number of amides is 3. The van der Waals surface area contributed by atoms with Gasteiger partial charge in [-0.2, -0.15) is 0 Å². The van der Waals surface area contributed by atoms with Crippen LogP contribution in [0.25, 0.3) is 0 Å². The first-order valence-electron chi connectivity index (χ1n) is 12.8. The van der Waals surface area contributed by atoms with Gasteiger partial charge in [0.05, 0.1) is 13.2 Å². The third kappa shape index (κ3) is 6.39. The van der Waals surface area contributed by atoms with Gasteiger partial charge < -0.3 is 24.3 Å². The van der Waals surface area contributed by atoms with Crippen LogP contribution in [0.2, 0.25) is 0 Å². The number of alkyl carbamates (subject to hydrolysis) is 1. The van der Waals surface area contributed by atoms with E-state index in [-0.39, 0.29) is 38.4 Å². The minimum atomic E-state index is -0.716. The van der Waals surface area contributed by atoms with E-state index in [9.17, 15) is 14.4 Å². The standard InChI is InChI=1S/C27H34N4O7S/c1-39(2,3)12-11-35-18-31-23(32)16-36-21-9-10-22(29-24(21)31)30-17-27(38-26(30)34)13-20(14-27)28-25(33)37-15-19-7-5-4-6-8-19/h4-10,20H,11-18H2,1-3H3,(H,28,33). The van der Waals surface area contributed by atoms with Crippen LogP contribution in [0.5, 0.6) is 5.75 Å². The molecule has 2 aromatic rings. The van der Waals surface area contributed by atoms with Crippen molar-refractivity contribution in [1.29, 1.82) is 0 Å². The molecule has 3 amide bonds. The molecule has 2 fully saturated rings. The second-order valence-electron chi connectivity index (χ2n) is 10.9. The number of nitrogens with zero attached hydrogens (tertiary/aromatic N) is 3. The molecular weight excluding hydrogens is 524 g/mol. The van der Waals surface area contributed by atoms with Gasteiger partial charge in [-0.05, 0) is 36.5 Å². The maximum absolute atomic E-state index is 12.8. The van der Waals surface area contributed by atoms with Crippen LogP contribution in [0.15, 0.2) is 42.5 Å². The number of fused-ring (bicyclic) bond motifs is 1. The number of hydrogen-bond acceptors (Lipinski definition) is 8. The number of rotatable bonds is 9. The van der Waals surface area contributed by atoms with Crippen molar-refractivity contribution in [3.8, 4) is 5.75 Å². The van der Waals surface area contributed by atoms with E-state index >= 15 is 0 Å². The van der Waals surface area contributed by atoms with Gasteiger partial charge in [0.2, 0.25) is 0 Å². The van der Waals surface area contributed by atoms with E-state index in [1.807, 2.05) is 30.3 Å². The van der Waals surface area contributed by atoms with Crippen molar-refractivity contribution in [2.75, 3.05) is 60.8 Å². The average molecular weight is 559 g/mol. The molecule has 0 radical (unpaired) electrons. The molecule has 5 rings (SSSR count). The van der Waals surface area contributed by atoms with Crippen molar-refractivity contribution in [3.05, 3.63) is 48.0 Å². The van der Waals surface area contributed by atoms with Crippen LogP contribution in [0, 0.1) is 0 Å². The summed E-state index contributed by atoms with van der Waals surface area (Å²) >= 11 is 0. The third-order valence-electron chi connectivity index (χ3n) is 6.81. The quantitative estimate of drug-likeness (QED) is 0.466. The maximum atomic E-state index is 12.8. The Morgan fingerprint density at radius 2 is 1.92 bits per heavy atom. The Kier molecular flexibility index (Phi) is 7.59. The Hall–Kier alpha value is -3.51. The van der Waals surface area contributed by atoms with E-state index in [2.05, 4.69) is 29.1 Å². The van der Waals surface area contributed by atoms with E-state index in [0.29, 0.717) is 36.8 Å². The molecule has 0 atom stereocenters. The Morgan fingerprint density at radius 3 is 2.67 bits per heavy atom. The molecular formula is C27H34N4O7S. The molecule has 3 heterocycles. The summed E-state index contributed by atoms with van der Waals surface area (Å²) in [5, 5.41) is 2.83. The molecule has 1 aromatic carbocycles. The Bertz CT molecular complexity index is 1230. The molecule has 1 aromatic heterocycles. The highest BCUT2D eigenvalue weighted by Gasteiger charge is 2.55. The van der Waals surface area contributed by atoms with Crippen LogP contribution in [-0.2, 0) is 25.6 Å². The molecule has 11 nitrogen and oxygen atoms in total. The monoisotopic (exact) mass is 558 g/mol. The first-order valence-corrected chi connectivity index (χ1v) is 15.8. The van der Waals surface area contributed by atoms with Crippen molar-refractivity contribution in [2.45, 2.75) is 31.1 Å². The SMILES string of the molecule is CS(C)(C)CCOCN1C(=O)COc2ccc(N3CC4(CC(NC(=O)OCc5ccccc5)C4)OC3=O)nc21. The molecule has 210 valence electrons. The number of anilines is 2. The summed E-state index contributed by atoms with van der Waals surface area (Å²) in [6, 6.07) is 12.6. The number of carbonyl (C=O) groups excluding carboxylic acids is 3. The number of nitrogens with one attached hydrogen (secondary N) is 1. The Labute approximate surface area is 229 Å². The number of pyridine rings is 1. The fraction of sp³-hybridized carbons (Fsp3) is 0.481. The smallest absolute Gasteiger partial charge is 0.416 e. The molecule has 1 saturated heterocycles. The Morgan fingerprint density at radius 1 is 1.15 bits per heavy atom. The lowest BCUT2D eigenvalue weighted by molar-refractivity contribution is -0.122. The summed E-state index contributed by atoms with van der Waals surface area (Å²) in [4.78, 5) is 45.1. The second-order valence-corrected chi connectivity index (χ2v) is 15.5. The van der Waals surface area contributed by atoms with Gasteiger partial charge in [0.25, 0.3) is 5.91 Å². The average Bonchev–Trinajstić information content (AvgIpc) is 3.23. The molecule has 0 unspecified atom stereocenters. The molecule has 0 bridgehead atoms. The molecule has 1 N–H and O–H groups in total. The molecule has 12 heteroatoms. The van der Waals surface area contributed by atoms with Crippen molar-refractivity contribution in [2.24, 2.45) is 0 Å². The zero-order chi connectivity index (χ0) is 27.6. The van der Waals surface area contributed by atoms with Gasteiger partial charge >= 0.3 is 12.2 Å². The fourth-order valence-corrected chi connectivity index (χ4v) is 5.32. The summed E-state index contributed by atoms with van der Waals surface area (Å²) in [5.41, 5.74) is 0.190. The van der Waals surface area contributed by atoms with Crippen molar-refractivity contribution in [3.63, 3.8) is 0 Å². The van der Waals surface area contributed by atoms with Crippen LogP contribution in [0.1, 0.15) is 18.4 Å². The lowest BCUT2D eigenvalue weighted by Gasteiger charge is -2.42. The number of carbonyl (C=O) groups is 3. The van der Waals surface area contributed by atoms with Crippen molar-refractivity contribution in [1.82, 2.24) is 10.3 Å². The normalized spacial score (nSPS) is 22.6. The van der Waals surface area contributed by atoms with Crippen molar-refractivity contribution < 1.29 is 33.3 Å². The molecule has 3 aliphatic rings. The van der Waals surface area contributed by atoms with Crippen LogP contribution in [-0.4, -0.2) is 85.7 Å². The van der Waals surface area contributed by atoms with E-state index in [0.717, 1.165) is 11.3 Å². The van der Waals surface area contributed by atoms with Crippen LogP contribution in [0.3, 0.4) is 0 Å². The Balaban J connectivity index is 1.17. The molecule has 1 saturated carbocycles. The summed E-state index contributed by atoms with van der Waals surface area (Å²) in [6.07, 6.45) is 6.53. The molecule has 2 aliphatic heterocycles. The summed E-state index contributed by atoms with van der Waals surface area (Å²) in [7, 11) is -0.716. The van der Waals surface area contributed by atoms with Gasteiger partial charge in [0.1, 0.15) is 24.8 Å². The van der Waals surface area contributed by atoms with Gasteiger partial charge in [0, 0.05) is 24.6 Å². The van der Waals surface area contributed by atoms with Gasteiger partial charge in [-0.25, -0.2) is 24.6 Å². The predicted octanol–water partition coefficient (Wildman–Crippen LogP) is 3.26. The van der Waals surface area contributed by atoms with E-state index in [1.54, 1.807) is 12.1 Å². The van der Waals surface area contributed by atoms with Gasteiger partial charge in [-0.1, -0.05) is 30.3 Å². The second kappa shape index (κ2) is 10.9. The largest absolute Gasteiger partial charge is 0.480 e. The molecule has 39 heavy (non-hydrogen) atoms. The van der Waals surface area contributed by atoms with E-state index < -0.39 is 27.8 Å². The maximum Gasteiger partial charge on any atom is 0.416 e. The van der Waals surface area contributed by atoms with Crippen LogP contribution >= 0.6 is 10.0 Å². The number of hydrogen-bond donors (Lipinski definition) is 1. The van der Waals surface area contributed by atoms with Gasteiger partial charge in [-0.15, -0.1) is 0 Å². The topological polar surface area (TPSA) is 120 Å². The lowest BCUT2D eigenvalue weighted by Crippen LogP contribution is -2.57. The fourth-order valence-electron chi connectivity index (χ4n) is 4.70. The van der Waals surface area contributed by atoms with Gasteiger partial charge in [-0.3, -0.25) is 14.6 Å². The summed E-state index contributed by atoms with van der Waals surface area (Å²) in [5.74, 6) is 1.79. The zero-order valence-electron chi connectivity index (χ0n) is 22.4. The van der Waals surface area contributed by atoms with E-state index in [1.165, 1.54) is 9.80 Å². The predicted molar refractivity (Wildman–Crippen MR) is 148 cm³/mol. The zero-order valence-corrected chi connectivity index (χ0v) is 23.2. The summed E-state index contributed by atoms with van der Waals surface area (Å²) < 4.78 is 22.3. The highest BCUT2D eigenvalue weighted by molar-refractivity contribution is 8.32. The van der Waals surface area contributed by atoms with Gasteiger partial charge in [0.15, 0.2) is 18.2 Å². The minimum absolute atomic E-state index is 0.0588.